The van der Waals surface area contributed by atoms with Gasteiger partial charge in [-0.15, -0.1) is 0 Å². The molecule has 0 bridgehead atoms. The third-order valence-corrected chi connectivity index (χ3v) is 4.33. The number of rotatable bonds is 6. The van der Waals surface area contributed by atoms with E-state index in [2.05, 4.69) is 22.6 Å². The molecule has 2 amide bonds. The summed E-state index contributed by atoms with van der Waals surface area (Å²) >= 11 is 0. The van der Waals surface area contributed by atoms with Crippen molar-refractivity contribution in [3.05, 3.63) is 29.3 Å². The summed E-state index contributed by atoms with van der Waals surface area (Å²) in [7, 11) is 2.06. The molecule has 0 spiro atoms. The summed E-state index contributed by atoms with van der Waals surface area (Å²) in [6.45, 7) is 7.01. The molecule has 1 atom stereocenters. The van der Waals surface area contributed by atoms with E-state index in [4.69, 9.17) is 4.74 Å². The van der Waals surface area contributed by atoms with Gasteiger partial charge in [0.2, 0.25) is 11.8 Å². The minimum Gasteiger partial charge on any atom is -0.375 e. The number of amides is 2. The van der Waals surface area contributed by atoms with E-state index in [1.807, 2.05) is 32.0 Å². The first-order chi connectivity index (χ1) is 11.5. The summed E-state index contributed by atoms with van der Waals surface area (Å²) in [5, 5.41) is 5.59. The number of carbonyl (C=O) groups is 2. The SMILES string of the molecule is Cc1cccc(NC(=O)CC(=O)NCC[C@H]2CN(C)CCO2)c1C. The van der Waals surface area contributed by atoms with Crippen LogP contribution in [-0.2, 0) is 14.3 Å². The van der Waals surface area contributed by atoms with E-state index in [0.29, 0.717) is 6.54 Å². The molecule has 2 rings (SSSR count). The fourth-order valence-electron chi connectivity index (χ4n) is 2.70. The van der Waals surface area contributed by atoms with Gasteiger partial charge in [-0.05, 0) is 44.5 Å². The predicted molar refractivity (Wildman–Crippen MR) is 94.0 cm³/mol. The number of carbonyl (C=O) groups excluding carboxylic acids is 2. The second-order valence-electron chi connectivity index (χ2n) is 6.37. The van der Waals surface area contributed by atoms with Crippen molar-refractivity contribution in [3.8, 4) is 0 Å². The first kappa shape index (κ1) is 18.4. The average molecular weight is 333 g/mol. The zero-order valence-corrected chi connectivity index (χ0v) is 14.7. The number of morpholine rings is 1. The number of ether oxygens (including phenoxy) is 1. The molecule has 6 heteroatoms. The lowest BCUT2D eigenvalue weighted by molar-refractivity contribution is -0.126. The Kier molecular flexibility index (Phi) is 6.75. The highest BCUT2D eigenvalue weighted by atomic mass is 16.5. The highest BCUT2D eigenvalue weighted by molar-refractivity contribution is 6.03. The molecule has 1 fully saturated rings. The van der Waals surface area contributed by atoms with Gasteiger partial charge in [-0.2, -0.15) is 0 Å². The Morgan fingerprint density at radius 3 is 2.83 bits per heavy atom. The maximum absolute atomic E-state index is 12.0. The number of anilines is 1. The Morgan fingerprint density at radius 1 is 1.29 bits per heavy atom. The molecule has 1 aliphatic rings. The first-order valence-electron chi connectivity index (χ1n) is 8.38. The van der Waals surface area contributed by atoms with Crippen molar-refractivity contribution < 1.29 is 14.3 Å². The molecule has 1 aromatic rings. The number of hydrogen-bond donors (Lipinski definition) is 2. The number of nitrogens with one attached hydrogen (secondary N) is 2. The van der Waals surface area contributed by atoms with Crippen molar-refractivity contribution in [3.63, 3.8) is 0 Å². The summed E-state index contributed by atoms with van der Waals surface area (Å²) < 4.78 is 5.64. The third kappa shape index (κ3) is 5.62. The van der Waals surface area contributed by atoms with Crippen LogP contribution in [0.1, 0.15) is 24.0 Å². The molecule has 1 aromatic carbocycles. The summed E-state index contributed by atoms with van der Waals surface area (Å²) in [6.07, 6.45) is 0.737. The van der Waals surface area contributed by atoms with E-state index in [1.165, 1.54) is 0 Å². The summed E-state index contributed by atoms with van der Waals surface area (Å²) in [6, 6.07) is 5.72. The van der Waals surface area contributed by atoms with Crippen molar-refractivity contribution in [2.24, 2.45) is 0 Å². The van der Waals surface area contributed by atoms with Gasteiger partial charge in [-0.25, -0.2) is 0 Å². The van der Waals surface area contributed by atoms with Crippen LogP contribution in [0.5, 0.6) is 0 Å². The normalized spacial score (nSPS) is 18.2. The Bertz CT molecular complexity index is 589. The van der Waals surface area contributed by atoms with Crippen molar-refractivity contribution in [1.82, 2.24) is 10.2 Å². The number of aryl methyl sites for hydroxylation is 1. The van der Waals surface area contributed by atoms with Gasteiger partial charge in [0.05, 0.1) is 12.7 Å². The Labute approximate surface area is 143 Å². The van der Waals surface area contributed by atoms with Crippen LogP contribution in [0, 0.1) is 13.8 Å². The van der Waals surface area contributed by atoms with Gasteiger partial charge in [0.25, 0.3) is 0 Å². The van der Waals surface area contributed by atoms with E-state index >= 15 is 0 Å². The van der Waals surface area contributed by atoms with Crippen molar-refractivity contribution >= 4 is 17.5 Å². The lowest BCUT2D eigenvalue weighted by Gasteiger charge is -2.30. The molecule has 1 saturated heterocycles. The van der Waals surface area contributed by atoms with E-state index < -0.39 is 0 Å². The molecule has 1 heterocycles. The van der Waals surface area contributed by atoms with Gasteiger partial charge >= 0.3 is 0 Å². The number of likely N-dealkylation sites (N-methyl/N-ethyl adjacent to an activating group) is 1. The molecule has 6 nitrogen and oxygen atoms in total. The summed E-state index contributed by atoms with van der Waals surface area (Å²) in [5.74, 6) is -0.559. The zero-order chi connectivity index (χ0) is 17.5. The second-order valence-corrected chi connectivity index (χ2v) is 6.37. The van der Waals surface area contributed by atoms with Gasteiger partial charge in [0.15, 0.2) is 0 Å². The minimum atomic E-state index is -0.296. The quantitative estimate of drug-likeness (QED) is 0.774. The van der Waals surface area contributed by atoms with Crippen molar-refractivity contribution in [2.75, 3.05) is 38.6 Å². The molecule has 0 unspecified atom stereocenters. The monoisotopic (exact) mass is 333 g/mol. The Balaban J connectivity index is 1.70. The van der Waals surface area contributed by atoms with E-state index in [9.17, 15) is 9.59 Å². The molecule has 132 valence electrons. The van der Waals surface area contributed by atoms with E-state index in [0.717, 1.165) is 42.9 Å². The number of nitrogens with zero attached hydrogens (tertiary/aromatic N) is 1. The fraction of sp³-hybridized carbons (Fsp3) is 0.556. The van der Waals surface area contributed by atoms with Crippen LogP contribution in [0.25, 0.3) is 0 Å². The third-order valence-electron chi connectivity index (χ3n) is 4.33. The van der Waals surface area contributed by atoms with Crippen LogP contribution in [0.15, 0.2) is 18.2 Å². The van der Waals surface area contributed by atoms with Crippen LogP contribution in [0.3, 0.4) is 0 Å². The Hall–Kier alpha value is -1.92. The van der Waals surface area contributed by atoms with Crippen LogP contribution in [-0.4, -0.2) is 56.1 Å². The summed E-state index contributed by atoms with van der Waals surface area (Å²) in [5.41, 5.74) is 2.88. The molecular weight excluding hydrogens is 306 g/mol. The van der Waals surface area contributed by atoms with Gasteiger partial charge in [0.1, 0.15) is 6.42 Å². The molecular formula is C18H27N3O3. The molecule has 1 aliphatic heterocycles. The lowest BCUT2D eigenvalue weighted by atomic mass is 10.1. The van der Waals surface area contributed by atoms with E-state index in [1.54, 1.807) is 0 Å². The largest absolute Gasteiger partial charge is 0.375 e. The van der Waals surface area contributed by atoms with E-state index in [-0.39, 0.29) is 24.3 Å². The summed E-state index contributed by atoms with van der Waals surface area (Å²) in [4.78, 5) is 26.1. The molecule has 2 N–H and O–H groups in total. The highest BCUT2D eigenvalue weighted by Crippen LogP contribution is 2.18. The maximum atomic E-state index is 12.0. The van der Waals surface area contributed by atoms with Crippen LogP contribution < -0.4 is 10.6 Å². The van der Waals surface area contributed by atoms with Gasteiger partial charge in [-0.3, -0.25) is 9.59 Å². The molecule has 0 radical (unpaired) electrons. The average Bonchev–Trinajstić information content (AvgIpc) is 2.52. The van der Waals surface area contributed by atoms with Crippen LogP contribution >= 0.6 is 0 Å². The van der Waals surface area contributed by atoms with Crippen LogP contribution in [0.4, 0.5) is 5.69 Å². The van der Waals surface area contributed by atoms with Crippen LogP contribution in [0.2, 0.25) is 0 Å². The molecule has 0 saturated carbocycles. The maximum Gasteiger partial charge on any atom is 0.233 e. The molecule has 0 aromatic heterocycles. The minimum absolute atomic E-state index is 0.146. The standard InChI is InChI=1S/C18H27N3O3/c1-13-5-4-6-16(14(13)2)20-18(23)11-17(22)19-8-7-15-12-21(3)9-10-24-15/h4-6,15H,7-12H2,1-3H3,(H,19,22)(H,20,23)/t15-/m0/s1. The smallest absolute Gasteiger partial charge is 0.233 e. The highest BCUT2D eigenvalue weighted by Gasteiger charge is 2.18. The molecule has 0 aliphatic carbocycles. The zero-order valence-electron chi connectivity index (χ0n) is 14.7. The van der Waals surface area contributed by atoms with Gasteiger partial charge in [-0.1, -0.05) is 12.1 Å². The fourth-order valence-corrected chi connectivity index (χ4v) is 2.70. The predicted octanol–water partition coefficient (Wildman–Crippen LogP) is 1.47. The number of hydrogen-bond acceptors (Lipinski definition) is 4. The van der Waals surface area contributed by atoms with Gasteiger partial charge in [0, 0.05) is 25.3 Å². The molecule has 24 heavy (non-hydrogen) atoms. The van der Waals surface area contributed by atoms with Gasteiger partial charge < -0.3 is 20.3 Å². The first-order valence-corrected chi connectivity index (χ1v) is 8.38. The van der Waals surface area contributed by atoms with Crippen molar-refractivity contribution in [1.29, 1.82) is 0 Å². The lowest BCUT2D eigenvalue weighted by Crippen LogP contribution is -2.41. The van der Waals surface area contributed by atoms with Crippen molar-refractivity contribution in [2.45, 2.75) is 32.8 Å². The second kappa shape index (κ2) is 8.80. The number of benzene rings is 1. The topological polar surface area (TPSA) is 70.7 Å². The Morgan fingerprint density at radius 2 is 2.08 bits per heavy atom.